The van der Waals surface area contributed by atoms with E-state index >= 15 is 0 Å². The lowest BCUT2D eigenvalue weighted by Crippen LogP contribution is -2.10. The number of rotatable bonds is 5. The van der Waals surface area contributed by atoms with E-state index in [2.05, 4.69) is 19.1 Å². The molecule has 0 saturated heterocycles. The minimum Gasteiger partial charge on any atom is -0.489 e. The van der Waals surface area contributed by atoms with Gasteiger partial charge in [-0.2, -0.15) is 0 Å². The summed E-state index contributed by atoms with van der Waals surface area (Å²) in [6.45, 7) is 4.43. The highest BCUT2D eigenvalue weighted by Gasteiger charge is 2.20. The molecule has 0 heterocycles. The van der Waals surface area contributed by atoms with E-state index in [-0.39, 0.29) is 11.9 Å². The maximum absolute atomic E-state index is 11.7. The van der Waals surface area contributed by atoms with Crippen molar-refractivity contribution in [1.82, 2.24) is 0 Å². The van der Waals surface area contributed by atoms with E-state index in [4.69, 9.17) is 9.47 Å². The predicted molar refractivity (Wildman–Crippen MR) is 82.5 cm³/mol. The van der Waals surface area contributed by atoms with Gasteiger partial charge in [0.05, 0.1) is 7.11 Å². The molecule has 0 N–H and O–H groups in total. The first-order chi connectivity index (χ1) is 10.2. The second-order valence-corrected chi connectivity index (χ2v) is 4.90. The first kappa shape index (κ1) is 15.1. The summed E-state index contributed by atoms with van der Waals surface area (Å²) < 4.78 is 10.6. The molecule has 1 aliphatic carbocycles. The Balaban J connectivity index is 2.01. The summed E-state index contributed by atoms with van der Waals surface area (Å²) in [6.07, 6.45) is 7.56. The molecule has 21 heavy (non-hydrogen) atoms. The summed E-state index contributed by atoms with van der Waals surface area (Å²) in [5.41, 5.74) is 3.00. The van der Waals surface area contributed by atoms with Gasteiger partial charge in [0.1, 0.15) is 12.4 Å². The Morgan fingerprint density at radius 3 is 2.76 bits per heavy atom. The molecule has 0 aromatic heterocycles. The van der Waals surface area contributed by atoms with Crippen LogP contribution < -0.4 is 0 Å². The van der Waals surface area contributed by atoms with Crippen molar-refractivity contribution in [1.29, 1.82) is 0 Å². The molecule has 2 rings (SSSR count). The molecule has 1 unspecified atom stereocenters. The van der Waals surface area contributed by atoms with Gasteiger partial charge in [0.25, 0.3) is 0 Å². The Labute approximate surface area is 125 Å². The van der Waals surface area contributed by atoms with Gasteiger partial charge in [0.15, 0.2) is 0 Å². The number of aryl methyl sites for hydroxylation is 1. The quantitative estimate of drug-likeness (QED) is 0.611. The first-order valence-corrected chi connectivity index (χ1v) is 6.97. The molecular weight excluding hydrogens is 264 g/mol. The molecule has 0 aliphatic heterocycles. The minimum absolute atomic E-state index is 0.0747. The summed E-state index contributed by atoms with van der Waals surface area (Å²) in [6, 6.07) is 8.13. The highest BCUT2D eigenvalue weighted by molar-refractivity contribution is 5.90. The smallest absolute Gasteiger partial charge is 0.334 e. The van der Waals surface area contributed by atoms with Crippen molar-refractivity contribution < 1.29 is 14.3 Å². The number of hydrogen-bond donors (Lipinski definition) is 0. The van der Waals surface area contributed by atoms with Gasteiger partial charge in [0.2, 0.25) is 0 Å². The third-order valence-corrected chi connectivity index (χ3v) is 3.56. The topological polar surface area (TPSA) is 35.5 Å². The van der Waals surface area contributed by atoms with Crippen molar-refractivity contribution in [3.8, 4) is 0 Å². The highest BCUT2D eigenvalue weighted by Crippen LogP contribution is 2.25. The van der Waals surface area contributed by atoms with Crippen molar-refractivity contribution in [2.24, 2.45) is 5.92 Å². The third-order valence-electron chi connectivity index (χ3n) is 3.56. The fourth-order valence-corrected chi connectivity index (χ4v) is 2.27. The maximum atomic E-state index is 11.7. The van der Waals surface area contributed by atoms with Gasteiger partial charge in [-0.15, -0.1) is 0 Å². The zero-order valence-electron chi connectivity index (χ0n) is 12.6. The largest absolute Gasteiger partial charge is 0.489 e. The van der Waals surface area contributed by atoms with Gasteiger partial charge in [-0.1, -0.05) is 36.4 Å². The third kappa shape index (κ3) is 3.63. The van der Waals surface area contributed by atoms with Gasteiger partial charge in [-0.3, -0.25) is 0 Å². The van der Waals surface area contributed by atoms with E-state index in [0.717, 1.165) is 11.3 Å². The SMILES string of the molecule is C/C=C(/C(=O)OC)C1C=CC(OCc2ccccc2C)=C1. The summed E-state index contributed by atoms with van der Waals surface area (Å²) >= 11 is 0. The predicted octanol–water partition coefficient (Wildman–Crippen LogP) is 3.70. The lowest BCUT2D eigenvalue weighted by molar-refractivity contribution is -0.136. The number of ether oxygens (including phenoxy) is 2. The Morgan fingerprint density at radius 1 is 1.33 bits per heavy atom. The molecule has 110 valence electrons. The zero-order chi connectivity index (χ0) is 15.2. The minimum atomic E-state index is -0.302. The molecular formula is C18H20O3. The number of carbonyl (C=O) groups is 1. The van der Waals surface area contributed by atoms with Gasteiger partial charge < -0.3 is 9.47 Å². The van der Waals surface area contributed by atoms with Crippen molar-refractivity contribution in [2.45, 2.75) is 20.5 Å². The molecule has 3 heteroatoms. The molecule has 3 nitrogen and oxygen atoms in total. The van der Waals surface area contributed by atoms with Crippen LogP contribution in [0.15, 0.2) is 59.9 Å². The molecule has 1 aromatic rings. The van der Waals surface area contributed by atoms with Crippen LogP contribution >= 0.6 is 0 Å². The average molecular weight is 284 g/mol. The van der Waals surface area contributed by atoms with Gasteiger partial charge in [-0.05, 0) is 37.1 Å². The van der Waals surface area contributed by atoms with Crippen LogP contribution in [0.3, 0.4) is 0 Å². The molecule has 1 aliphatic rings. The number of carbonyl (C=O) groups excluding carboxylic acids is 1. The first-order valence-electron chi connectivity index (χ1n) is 6.97. The second kappa shape index (κ2) is 6.93. The van der Waals surface area contributed by atoms with Gasteiger partial charge in [-0.25, -0.2) is 4.79 Å². The van der Waals surface area contributed by atoms with Crippen LogP contribution in [-0.2, 0) is 20.9 Å². The van der Waals surface area contributed by atoms with E-state index in [0.29, 0.717) is 12.2 Å². The second-order valence-electron chi connectivity index (χ2n) is 4.90. The molecule has 1 atom stereocenters. The molecule has 0 spiro atoms. The Morgan fingerprint density at radius 2 is 2.10 bits per heavy atom. The number of esters is 1. The fraction of sp³-hybridized carbons (Fsp3) is 0.278. The maximum Gasteiger partial charge on any atom is 0.334 e. The van der Waals surface area contributed by atoms with Crippen LogP contribution in [0.2, 0.25) is 0 Å². The van der Waals surface area contributed by atoms with E-state index < -0.39 is 0 Å². The Kier molecular flexibility index (Phi) is 4.99. The fourth-order valence-electron chi connectivity index (χ4n) is 2.27. The summed E-state index contributed by atoms with van der Waals surface area (Å²) in [5, 5.41) is 0. The number of hydrogen-bond acceptors (Lipinski definition) is 3. The van der Waals surface area contributed by atoms with E-state index in [1.54, 1.807) is 6.08 Å². The Hall–Kier alpha value is -2.29. The van der Waals surface area contributed by atoms with Crippen LogP contribution in [-0.4, -0.2) is 13.1 Å². The highest BCUT2D eigenvalue weighted by atomic mass is 16.5. The van der Waals surface area contributed by atoms with Crippen molar-refractivity contribution in [3.05, 3.63) is 71.0 Å². The van der Waals surface area contributed by atoms with Crippen LogP contribution in [0.25, 0.3) is 0 Å². The average Bonchev–Trinajstić information content (AvgIpc) is 2.95. The van der Waals surface area contributed by atoms with Crippen molar-refractivity contribution in [2.75, 3.05) is 7.11 Å². The van der Waals surface area contributed by atoms with Gasteiger partial charge >= 0.3 is 5.97 Å². The molecule has 0 amide bonds. The normalized spacial score (nSPS) is 17.6. The van der Waals surface area contributed by atoms with E-state index in [1.165, 1.54) is 12.7 Å². The van der Waals surface area contributed by atoms with Crippen LogP contribution in [0, 0.1) is 12.8 Å². The number of methoxy groups -OCH3 is 1. The molecule has 0 saturated carbocycles. The summed E-state index contributed by atoms with van der Waals surface area (Å²) in [4.78, 5) is 11.7. The molecule has 0 fully saturated rings. The van der Waals surface area contributed by atoms with E-state index in [9.17, 15) is 4.79 Å². The lowest BCUT2D eigenvalue weighted by atomic mass is 10.0. The van der Waals surface area contributed by atoms with Crippen LogP contribution in [0.1, 0.15) is 18.1 Å². The van der Waals surface area contributed by atoms with Crippen LogP contribution in [0.5, 0.6) is 0 Å². The molecule has 0 bridgehead atoms. The van der Waals surface area contributed by atoms with Crippen LogP contribution in [0.4, 0.5) is 0 Å². The molecule has 0 radical (unpaired) electrons. The van der Waals surface area contributed by atoms with E-state index in [1.807, 2.05) is 37.3 Å². The zero-order valence-corrected chi connectivity index (χ0v) is 12.6. The monoisotopic (exact) mass is 284 g/mol. The summed E-state index contributed by atoms with van der Waals surface area (Å²) in [7, 11) is 1.39. The van der Waals surface area contributed by atoms with Crippen molar-refractivity contribution >= 4 is 5.97 Å². The Bertz CT molecular complexity index is 609. The summed E-state index contributed by atoms with van der Waals surface area (Å²) in [5.74, 6) is 0.407. The molecule has 1 aromatic carbocycles. The number of benzene rings is 1. The standard InChI is InChI=1S/C18H20O3/c1-4-17(18(19)20-3)14-9-10-16(11-14)21-12-15-8-6-5-7-13(15)2/h4-11,14H,12H2,1-3H3/b17-4+. The van der Waals surface area contributed by atoms with Gasteiger partial charge in [0, 0.05) is 11.5 Å². The van der Waals surface area contributed by atoms with Crippen molar-refractivity contribution in [3.63, 3.8) is 0 Å². The lowest BCUT2D eigenvalue weighted by Gasteiger charge is -2.09. The number of allylic oxidation sites excluding steroid dienone is 4.